The van der Waals surface area contributed by atoms with E-state index in [0.717, 1.165) is 37.2 Å². The molecule has 5 nitrogen and oxygen atoms in total. The largest absolute Gasteiger partial charge is 0.508 e. The molecule has 2 aliphatic rings. The van der Waals surface area contributed by atoms with Crippen LogP contribution in [0.3, 0.4) is 0 Å². The molecule has 1 saturated heterocycles. The summed E-state index contributed by atoms with van der Waals surface area (Å²) in [5.41, 5.74) is 0.855. The standard InChI is InChI=1S/C20H24N2O3/c23-17-3-1-14(2-4-17)20(24)13-22-11-15-9-19(10-16(15)12-22)25-18-5-7-21-8-6-18/h1-8,15-16,19-20,23-24H,9-13H2/t15-,16+,19-,20?. The fraction of sp³-hybridized carbons (Fsp3) is 0.450. The highest BCUT2D eigenvalue weighted by atomic mass is 16.5. The Morgan fingerprint density at radius 1 is 1.04 bits per heavy atom. The minimum absolute atomic E-state index is 0.229. The summed E-state index contributed by atoms with van der Waals surface area (Å²) < 4.78 is 6.08. The first-order chi connectivity index (χ1) is 12.2. The number of ether oxygens (including phenoxy) is 1. The number of aromatic hydroxyl groups is 1. The number of aliphatic hydroxyl groups excluding tert-OH is 1. The normalized spacial score (nSPS) is 27.2. The van der Waals surface area contributed by atoms with Gasteiger partial charge in [-0.15, -0.1) is 0 Å². The molecule has 2 aromatic rings. The van der Waals surface area contributed by atoms with Crippen molar-refractivity contribution in [1.29, 1.82) is 0 Å². The lowest BCUT2D eigenvalue weighted by Crippen LogP contribution is -2.28. The Labute approximate surface area is 147 Å². The quantitative estimate of drug-likeness (QED) is 0.876. The zero-order valence-corrected chi connectivity index (χ0v) is 14.2. The van der Waals surface area contributed by atoms with Crippen molar-refractivity contribution in [1.82, 2.24) is 9.88 Å². The van der Waals surface area contributed by atoms with Gasteiger partial charge in [-0.2, -0.15) is 0 Å². The molecule has 1 aromatic heterocycles. The summed E-state index contributed by atoms with van der Waals surface area (Å²) in [4.78, 5) is 6.38. The maximum atomic E-state index is 10.4. The number of aliphatic hydroxyl groups is 1. The first-order valence-electron chi connectivity index (χ1n) is 8.93. The fourth-order valence-corrected chi connectivity index (χ4v) is 4.24. The number of benzene rings is 1. The Kier molecular flexibility index (Phi) is 4.59. The van der Waals surface area contributed by atoms with Gasteiger partial charge in [0.25, 0.3) is 0 Å². The van der Waals surface area contributed by atoms with E-state index in [4.69, 9.17) is 4.74 Å². The molecule has 1 unspecified atom stereocenters. The van der Waals surface area contributed by atoms with Crippen LogP contribution in [0, 0.1) is 11.8 Å². The summed E-state index contributed by atoms with van der Waals surface area (Å²) >= 11 is 0. The molecule has 2 heterocycles. The lowest BCUT2D eigenvalue weighted by atomic mass is 10.0. The summed E-state index contributed by atoms with van der Waals surface area (Å²) in [7, 11) is 0. The Bertz CT molecular complexity index is 678. The number of fused-ring (bicyclic) bond motifs is 1. The average Bonchev–Trinajstić information content (AvgIpc) is 3.14. The number of phenolic OH excluding ortho intramolecular Hbond substituents is 1. The average molecular weight is 340 g/mol. The number of pyridine rings is 1. The number of likely N-dealkylation sites (tertiary alicyclic amines) is 1. The summed E-state index contributed by atoms with van der Waals surface area (Å²) in [5.74, 6) is 2.43. The molecule has 2 N–H and O–H groups in total. The zero-order chi connectivity index (χ0) is 17.2. The van der Waals surface area contributed by atoms with Gasteiger partial charge in [0.15, 0.2) is 0 Å². The van der Waals surface area contributed by atoms with E-state index in [1.54, 1.807) is 36.7 Å². The maximum Gasteiger partial charge on any atom is 0.122 e. The van der Waals surface area contributed by atoms with E-state index < -0.39 is 6.10 Å². The third kappa shape index (κ3) is 3.78. The van der Waals surface area contributed by atoms with Gasteiger partial charge in [-0.3, -0.25) is 9.88 Å². The second kappa shape index (κ2) is 7.02. The van der Waals surface area contributed by atoms with Crippen LogP contribution >= 0.6 is 0 Å². The van der Waals surface area contributed by atoms with Gasteiger partial charge >= 0.3 is 0 Å². The molecule has 5 heteroatoms. The van der Waals surface area contributed by atoms with Crippen LogP contribution in [0.5, 0.6) is 11.5 Å². The smallest absolute Gasteiger partial charge is 0.122 e. The highest BCUT2D eigenvalue weighted by Gasteiger charge is 2.42. The zero-order valence-electron chi connectivity index (χ0n) is 14.2. The Morgan fingerprint density at radius 2 is 1.68 bits per heavy atom. The van der Waals surface area contributed by atoms with Gasteiger partial charge < -0.3 is 14.9 Å². The van der Waals surface area contributed by atoms with Crippen LogP contribution < -0.4 is 4.74 Å². The highest BCUT2D eigenvalue weighted by Crippen LogP contribution is 2.40. The first kappa shape index (κ1) is 16.4. The van der Waals surface area contributed by atoms with E-state index in [-0.39, 0.29) is 5.75 Å². The topological polar surface area (TPSA) is 65.8 Å². The van der Waals surface area contributed by atoms with Crippen molar-refractivity contribution < 1.29 is 14.9 Å². The van der Waals surface area contributed by atoms with Crippen molar-refractivity contribution in [2.45, 2.75) is 25.0 Å². The molecule has 0 spiro atoms. The molecule has 0 radical (unpaired) electrons. The molecule has 1 aromatic carbocycles. The number of rotatable bonds is 5. The van der Waals surface area contributed by atoms with Crippen LogP contribution in [0.4, 0.5) is 0 Å². The van der Waals surface area contributed by atoms with E-state index in [1.807, 2.05) is 12.1 Å². The molecule has 25 heavy (non-hydrogen) atoms. The molecular weight excluding hydrogens is 316 g/mol. The van der Waals surface area contributed by atoms with E-state index in [2.05, 4.69) is 9.88 Å². The number of aromatic nitrogens is 1. The molecule has 2 fully saturated rings. The summed E-state index contributed by atoms with van der Waals surface area (Å²) in [6, 6.07) is 10.6. The van der Waals surface area contributed by atoms with Crippen LogP contribution in [-0.4, -0.2) is 45.8 Å². The monoisotopic (exact) mass is 340 g/mol. The maximum absolute atomic E-state index is 10.4. The second-order valence-corrected chi connectivity index (χ2v) is 7.24. The van der Waals surface area contributed by atoms with Gasteiger partial charge in [0.1, 0.15) is 11.5 Å². The van der Waals surface area contributed by atoms with Gasteiger partial charge in [0, 0.05) is 32.0 Å². The van der Waals surface area contributed by atoms with E-state index in [0.29, 0.717) is 24.5 Å². The predicted molar refractivity (Wildman–Crippen MR) is 94.4 cm³/mol. The van der Waals surface area contributed by atoms with E-state index >= 15 is 0 Å². The van der Waals surface area contributed by atoms with Gasteiger partial charge in [-0.1, -0.05) is 12.1 Å². The number of hydrogen-bond acceptors (Lipinski definition) is 5. The summed E-state index contributed by atoms with van der Waals surface area (Å²) in [6.07, 6.45) is 5.47. The van der Waals surface area contributed by atoms with Crippen LogP contribution in [-0.2, 0) is 0 Å². The number of nitrogens with zero attached hydrogens (tertiary/aromatic N) is 2. The molecule has 0 amide bonds. The van der Waals surface area contributed by atoms with Crippen LogP contribution in [0.25, 0.3) is 0 Å². The number of β-amino-alcohol motifs (C(OH)–C–C–N with tert-alkyl or cyclic N) is 1. The van der Waals surface area contributed by atoms with Crippen molar-refractivity contribution in [2.75, 3.05) is 19.6 Å². The van der Waals surface area contributed by atoms with Crippen molar-refractivity contribution in [2.24, 2.45) is 11.8 Å². The highest BCUT2D eigenvalue weighted by molar-refractivity contribution is 5.27. The minimum Gasteiger partial charge on any atom is -0.508 e. The van der Waals surface area contributed by atoms with Gasteiger partial charge in [-0.05, 0) is 54.5 Å². The molecule has 1 aliphatic heterocycles. The van der Waals surface area contributed by atoms with Gasteiger partial charge in [0.2, 0.25) is 0 Å². The van der Waals surface area contributed by atoms with Crippen molar-refractivity contribution in [3.8, 4) is 11.5 Å². The Hall–Kier alpha value is -2.11. The number of hydrogen-bond donors (Lipinski definition) is 2. The van der Waals surface area contributed by atoms with Crippen LogP contribution in [0.1, 0.15) is 24.5 Å². The molecular formula is C20H24N2O3. The lowest BCUT2D eigenvalue weighted by Gasteiger charge is -2.22. The summed E-state index contributed by atoms with van der Waals surface area (Å²) in [5, 5.41) is 19.8. The summed E-state index contributed by atoms with van der Waals surface area (Å²) in [6.45, 7) is 2.69. The van der Waals surface area contributed by atoms with Gasteiger partial charge in [0.05, 0.1) is 12.2 Å². The third-order valence-corrected chi connectivity index (χ3v) is 5.44. The van der Waals surface area contributed by atoms with Crippen LogP contribution in [0.15, 0.2) is 48.8 Å². The second-order valence-electron chi connectivity index (χ2n) is 7.24. The lowest BCUT2D eigenvalue weighted by molar-refractivity contribution is 0.116. The van der Waals surface area contributed by atoms with Crippen molar-refractivity contribution in [3.05, 3.63) is 54.4 Å². The fourth-order valence-electron chi connectivity index (χ4n) is 4.24. The SMILES string of the molecule is Oc1ccc(C(O)CN2C[C@H]3C[C@@H](Oc4ccncc4)C[C@H]3C2)cc1. The minimum atomic E-state index is -0.511. The molecule has 1 aliphatic carbocycles. The Morgan fingerprint density at radius 3 is 2.32 bits per heavy atom. The third-order valence-electron chi connectivity index (χ3n) is 5.44. The van der Waals surface area contributed by atoms with Crippen molar-refractivity contribution >= 4 is 0 Å². The number of phenols is 1. The van der Waals surface area contributed by atoms with Gasteiger partial charge in [-0.25, -0.2) is 0 Å². The Balaban J connectivity index is 1.28. The predicted octanol–water partition coefficient (Wildman–Crippen LogP) is 2.61. The molecule has 132 valence electrons. The van der Waals surface area contributed by atoms with Crippen molar-refractivity contribution in [3.63, 3.8) is 0 Å². The van der Waals surface area contributed by atoms with E-state index in [9.17, 15) is 10.2 Å². The molecule has 0 bridgehead atoms. The molecule has 4 atom stereocenters. The first-order valence-corrected chi connectivity index (χ1v) is 8.93. The molecule has 4 rings (SSSR count). The molecule has 1 saturated carbocycles. The van der Waals surface area contributed by atoms with E-state index in [1.165, 1.54) is 0 Å². The van der Waals surface area contributed by atoms with Crippen LogP contribution in [0.2, 0.25) is 0 Å².